The number of nitrogens with one attached hydrogen (secondary N) is 1. The largest absolute Gasteiger partial charge is 0.314 e. The van der Waals surface area contributed by atoms with Crippen LogP contribution in [-0.4, -0.2) is 32.5 Å². The van der Waals surface area contributed by atoms with Crippen LogP contribution in [0.15, 0.2) is 12.2 Å². The van der Waals surface area contributed by atoms with Gasteiger partial charge in [0.25, 0.3) is 0 Å². The van der Waals surface area contributed by atoms with E-state index in [-0.39, 0.29) is 0 Å². The average Bonchev–Trinajstić information content (AvgIpc) is 2.58. The van der Waals surface area contributed by atoms with Gasteiger partial charge in [-0.2, -0.15) is 0 Å². The van der Waals surface area contributed by atoms with Crippen LogP contribution in [0, 0.1) is 5.92 Å². The lowest BCUT2D eigenvalue weighted by atomic mass is 9.93. The fourth-order valence-corrected chi connectivity index (χ4v) is 4.26. The molecule has 3 nitrogen and oxygen atoms in total. The molecule has 17 heavy (non-hydrogen) atoms. The van der Waals surface area contributed by atoms with Gasteiger partial charge in [-0.15, -0.1) is 6.58 Å². The van der Waals surface area contributed by atoms with E-state index in [0.717, 1.165) is 32.2 Å². The quantitative estimate of drug-likeness (QED) is 0.713. The van der Waals surface area contributed by atoms with E-state index in [4.69, 9.17) is 0 Å². The predicted octanol–water partition coefficient (Wildman–Crippen LogP) is 2.15. The fraction of sp³-hybridized carbons (Fsp3) is 0.846. The summed E-state index contributed by atoms with van der Waals surface area (Å²) < 4.78 is 23.0. The first-order valence-electron chi connectivity index (χ1n) is 6.53. The summed E-state index contributed by atoms with van der Waals surface area (Å²) in [5.74, 6) is 1.03. The summed E-state index contributed by atoms with van der Waals surface area (Å²) >= 11 is 0. The van der Waals surface area contributed by atoms with E-state index in [0.29, 0.717) is 23.5 Å². The van der Waals surface area contributed by atoms with Gasteiger partial charge in [-0.05, 0) is 45.1 Å². The van der Waals surface area contributed by atoms with Crippen LogP contribution in [0.4, 0.5) is 0 Å². The van der Waals surface area contributed by atoms with E-state index >= 15 is 0 Å². The van der Waals surface area contributed by atoms with Gasteiger partial charge in [0.2, 0.25) is 0 Å². The highest BCUT2D eigenvalue weighted by molar-refractivity contribution is 7.91. The van der Waals surface area contributed by atoms with Gasteiger partial charge in [-0.25, -0.2) is 8.42 Å². The zero-order valence-corrected chi connectivity index (χ0v) is 11.9. The summed E-state index contributed by atoms with van der Waals surface area (Å²) in [5.41, 5.74) is 1.18. The third-order valence-electron chi connectivity index (χ3n) is 3.38. The molecule has 0 bridgehead atoms. The Morgan fingerprint density at radius 1 is 1.53 bits per heavy atom. The van der Waals surface area contributed by atoms with E-state index in [9.17, 15) is 8.42 Å². The number of hydrogen-bond acceptors (Lipinski definition) is 3. The van der Waals surface area contributed by atoms with Crippen molar-refractivity contribution in [2.45, 2.75) is 45.6 Å². The Balaban J connectivity index is 2.53. The zero-order valence-electron chi connectivity index (χ0n) is 11.0. The monoisotopic (exact) mass is 259 g/mol. The smallest absolute Gasteiger partial charge is 0.150 e. The maximum absolute atomic E-state index is 11.5. The van der Waals surface area contributed by atoms with Crippen LogP contribution in [0.3, 0.4) is 0 Å². The molecule has 0 aliphatic carbocycles. The topological polar surface area (TPSA) is 46.2 Å². The Kier molecular flexibility index (Phi) is 5.67. The number of allylic oxidation sites excluding steroid dienone is 1. The number of rotatable bonds is 7. The second kappa shape index (κ2) is 6.55. The normalized spacial score (nSPS) is 24.7. The van der Waals surface area contributed by atoms with Gasteiger partial charge >= 0.3 is 0 Å². The van der Waals surface area contributed by atoms with Crippen molar-refractivity contribution in [3.63, 3.8) is 0 Å². The molecule has 0 spiro atoms. The fourth-order valence-electron chi connectivity index (χ4n) is 2.38. The van der Waals surface area contributed by atoms with Crippen LogP contribution in [-0.2, 0) is 9.84 Å². The molecule has 1 aliphatic heterocycles. The van der Waals surface area contributed by atoms with E-state index in [2.05, 4.69) is 18.8 Å². The summed E-state index contributed by atoms with van der Waals surface area (Å²) in [6.45, 7) is 9.05. The molecular weight excluding hydrogens is 234 g/mol. The van der Waals surface area contributed by atoms with Crippen LogP contribution >= 0.6 is 0 Å². The first-order valence-corrected chi connectivity index (χ1v) is 8.35. The highest BCUT2D eigenvalue weighted by atomic mass is 32.2. The molecule has 4 heteroatoms. The van der Waals surface area contributed by atoms with Gasteiger partial charge in [0.05, 0.1) is 11.5 Å². The zero-order chi connectivity index (χ0) is 12.9. The molecule has 0 amide bonds. The van der Waals surface area contributed by atoms with Gasteiger partial charge in [0.15, 0.2) is 9.84 Å². The van der Waals surface area contributed by atoms with Gasteiger partial charge in [-0.3, -0.25) is 0 Å². The minimum absolute atomic E-state index is 0.297. The third-order valence-corrected chi connectivity index (χ3v) is 5.17. The second-order valence-corrected chi connectivity index (χ2v) is 7.45. The van der Waals surface area contributed by atoms with Crippen molar-refractivity contribution in [1.29, 1.82) is 0 Å². The maximum Gasteiger partial charge on any atom is 0.150 e. The molecule has 1 fully saturated rings. The van der Waals surface area contributed by atoms with Crippen molar-refractivity contribution in [3.8, 4) is 0 Å². The predicted molar refractivity (Wildman–Crippen MR) is 72.9 cm³/mol. The molecule has 1 heterocycles. The number of hydrogen-bond donors (Lipinski definition) is 1. The van der Waals surface area contributed by atoms with Crippen molar-refractivity contribution in [3.05, 3.63) is 12.2 Å². The molecule has 1 rings (SSSR count). The average molecular weight is 259 g/mol. The summed E-state index contributed by atoms with van der Waals surface area (Å²) in [5, 5.41) is 3.50. The van der Waals surface area contributed by atoms with Gasteiger partial charge in [0, 0.05) is 6.04 Å². The van der Waals surface area contributed by atoms with E-state index in [1.807, 2.05) is 6.92 Å². The molecule has 0 saturated carbocycles. The molecule has 100 valence electrons. The van der Waals surface area contributed by atoms with Crippen molar-refractivity contribution in [2.75, 3.05) is 18.1 Å². The highest BCUT2D eigenvalue weighted by Gasteiger charge is 2.32. The Hall–Kier alpha value is -0.350. The molecule has 0 aromatic carbocycles. The summed E-state index contributed by atoms with van der Waals surface area (Å²) in [7, 11) is -2.77. The van der Waals surface area contributed by atoms with Crippen LogP contribution < -0.4 is 5.32 Å². The van der Waals surface area contributed by atoms with Gasteiger partial charge in [-0.1, -0.05) is 12.5 Å². The molecule has 0 aromatic rings. The second-order valence-electron chi connectivity index (χ2n) is 5.22. The molecule has 1 N–H and O–H groups in total. The molecule has 1 saturated heterocycles. The van der Waals surface area contributed by atoms with E-state index in [1.54, 1.807) is 0 Å². The highest BCUT2D eigenvalue weighted by Crippen LogP contribution is 2.25. The first-order chi connectivity index (χ1) is 7.94. The molecule has 2 unspecified atom stereocenters. The van der Waals surface area contributed by atoms with Crippen LogP contribution in [0.2, 0.25) is 0 Å². The maximum atomic E-state index is 11.5. The lowest BCUT2D eigenvalue weighted by molar-refractivity contribution is 0.361. The van der Waals surface area contributed by atoms with Crippen molar-refractivity contribution in [2.24, 2.45) is 5.92 Å². The molecule has 0 aromatic heterocycles. The molecular formula is C13H25NO2S. The van der Waals surface area contributed by atoms with Crippen molar-refractivity contribution >= 4 is 9.84 Å². The number of sulfone groups is 1. The standard InChI is InChI=1S/C13H25NO2S/c1-4-8-14-13(6-5-11(2)3)12-7-9-17(15,16)10-12/h12-14H,2,4-10H2,1,3H3. The minimum Gasteiger partial charge on any atom is -0.314 e. The third kappa shape index (κ3) is 5.21. The van der Waals surface area contributed by atoms with Crippen LogP contribution in [0.25, 0.3) is 0 Å². The summed E-state index contributed by atoms with van der Waals surface area (Å²) in [4.78, 5) is 0. The minimum atomic E-state index is -2.77. The first kappa shape index (κ1) is 14.7. The Morgan fingerprint density at radius 2 is 2.24 bits per heavy atom. The SMILES string of the molecule is C=C(C)CCC(NCCC)C1CCS(=O)(=O)C1. The van der Waals surface area contributed by atoms with Gasteiger partial charge in [0.1, 0.15) is 0 Å². The van der Waals surface area contributed by atoms with Crippen LogP contribution in [0.1, 0.15) is 39.5 Å². The van der Waals surface area contributed by atoms with Gasteiger partial charge < -0.3 is 5.32 Å². The molecule has 1 aliphatic rings. The van der Waals surface area contributed by atoms with E-state index in [1.165, 1.54) is 5.57 Å². The molecule has 2 atom stereocenters. The lowest BCUT2D eigenvalue weighted by Gasteiger charge is -2.24. The molecule has 0 radical (unpaired) electrons. The van der Waals surface area contributed by atoms with Crippen molar-refractivity contribution in [1.82, 2.24) is 5.32 Å². The summed E-state index contributed by atoms with van der Waals surface area (Å²) in [6.07, 6.45) is 3.90. The Labute approximate surface area is 106 Å². The van der Waals surface area contributed by atoms with Crippen LogP contribution in [0.5, 0.6) is 0 Å². The lowest BCUT2D eigenvalue weighted by Crippen LogP contribution is -2.37. The Morgan fingerprint density at radius 3 is 2.71 bits per heavy atom. The van der Waals surface area contributed by atoms with E-state index < -0.39 is 9.84 Å². The summed E-state index contributed by atoms with van der Waals surface area (Å²) in [6, 6.07) is 0.337. The van der Waals surface area contributed by atoms with Crippen molar-refractivity contribution < 1.29 is 8.42 Å². The Bertz CT molecular complexity index is 348.